The molecule has 3 rings (SSSR count). The molecular weight excluding hydrogens is 376 g/mol. The van der Waals surface area contributed by atoms with E-state index in [1.807, 2.05) is 13.8 Å². The molecule has 2 fully saturated rings. The van der Waals surface area contributed by atoms with Gasteiger partial charge in [0.2, 0.25) is 11.8 Å². The van der Waals surface area contributed by atoms with Crippen LogP contribution in [0.4, 0.5) is 0 Å². The van der Waals surface area contributed by atoms with Gasteiger partial charge in [-0.15, -0.1) is 0 Å². The van der Waals surface area contributed by atoms with Gasteiger partial charge in [0, 0.05) is 25.7 Å². The Bertz CT molecular complexity index is 660. The molecule has 2 amide bonds. The molecule has 1 aliphatic carbocycles. The highest BCUT2D eigenvalue weighted by atomic mass is 16.2. The third-order valence-electron chi connectivity index (χ3n) is 7.16. The van der Waals surface area contributed by atoms with Gasteiger partial charge in [-0.1, -0.05) is 30.7 Å². The summed E-state index contributed by atoms with van der Waals surface area (Å²) in [5.74, 6) is 0.592. The van der Waals surface area contributed by atoms with E-state index in [0.717, 1.165) is 45.4 Å². The van der Waals surface area contributed by atoms with Crippen molar-refractivity contribution in [2.45, 2.75) is 76.9 Å². The fourth-order valence-electron chi connectivity index (χ4n) is 5.04. The molecule has 0 aromatic carbocycles. The number of nitrogens with zero attached hydrogens (tertiary/aromatic N) is 2. The minimum absolute atomic E-state index is 0.101. The lowest BCUT2D eigenvalue weighted by atomic mass is 9.96. The third kappa shape index (κ3) is 5.73. The Morgan fingerprint density at radius 2 is 2.10 bits per heavy atom. The number of allylic oxidation sites excluding steroid dienone is 3. The largest absolute Gasteiger partial charge is 0.343 e. The van der Waals surface area contributed by atoms with E-state index < -0.39 is 6.04 Å². The van der Waals surface area contributed by atoms with Crippen LogP contribution in [0.3, 0.4) is 0 Å². The molecule has 30 heavy (non-hydrogen) atoms. The van der Waals surface area contributed by atoms with E-state index in [4.69, 9.17) is 0 Å². The molecule has 0 bridgehead atoms. The predicted octanol–water partition coefficient (Wildman–Crippen LogP) is 2.47. The normalized spacial score (nSPS) is 26.5. The van der Waals surface area contributed by atoms with E-state index in [9.17, 15) is 9.59 Å². The smallest absolute Gasteiger partial charge is 0.245 e. The molecule has 0 saturated carbocycles. The van der Waals surface area contributed by atoms with Crippen molar-refractivity contribution in [3.05, 3.63) is 23.8 Å². The number of carbonyl (C=O) groups excluding carboxylic acids is 2. The topological polar surface area (TPSA) is 64.7 Å². The highest BCUT2D eigenvalue weighted by Gasteiger charge is 2.41. The lowest BCUT2D eigenvalue weighted by Crippen LogP contribution is -2.54. The first-order valence-electron chi connectivity index (χ1n) is 11.9. The maximum atomic E-state index is 13.4. The highest BCUT2D eigenvalue weighted by molar-refractivity contribution is 5.89. The molecule has 0 unspecified atom stereocenters. The monoisotopic (exact) mass is 416 g/mol. The Hall–Kier alpha value is -1.66. The number of fused-ring (bicyclic) bond motifs is 1. The van der Waals surface area contributed by atoms with Crippen molar-refractivity contribution in [3.8, 4) is 0 Å². The second kappa shape index (κ2) is 11.1. The number of rotatable bonds is 8. The van der Waals surface area contributed by atoms with E-state index in [2.05, 4.69) is 38.7 Å². The lowest BCUT2D eigenvalue weighted by Gasteiger charge is -2.33. The minimum atomic E-state index is -0.428. The SMILES string of the molecule is CC[C@H](NC(=O)[C@H](C)NC)C(=O)N1CC[C@H]2CCCN(CCC3=CC=CCC3)C[C@H]21. The van der Waals surface area contributed by atoms with Crippen molar-refractivity contribution in [2.24, 2.45) is 5.92 Å². The van der Waals surface area contributed by atoms with Gasteiger partial charge in [0.05, 0.1) is 6.04 Å². The molecule has 6 heteroatoms. The van der Waals surface area contributed by atoms with Crippen LogP contribution in [0.2, 0.25) is 0 Å². The summed E-state index contributed by atoms with van der Waals surface area (Å²) < 4.78 is 0. The van der Waals surface area contributed by atoms with Crippen LogP contribution in [0.1, 0.15) is 58.8 Å². The molecular formula is C24H40N4O2. The molecule has 0 radical (unpaired) electrons. The van der Waals surface area contributed by atoms with Crippen LogP contribution in [-0.4, -0.2) is 73.0 Å². The first-order chi connectivity index (χ1) is 14.5. The second-order valence-electron chi connectivity index (χ2n) is 9.11. The number of nitrogens with one attached hydrogen (secondary N) is 2. The quantitative estimate of drug-likeness (QED) is 0.638. The van der Waals surface area contributed by atoms with Gasteiger partial charge in [0.15, 0.2) is 0 Å². The van der Waals surface area contributed by atoms with Gasteiger partial charge in [0.25, 0.3) is 0 Å². The molecule has 6 nitrogen and oxygen atoms in total. The maximum absolute atomic E-state index is 13.4. The van der Waals surface area contributed by atoms with Gasteiger partial charge in [-0.25, -0.2) is 0 Å². The van der Waals surface area contributed by atoms with Crippen molar-refractivity contribution < 1.29 is 9.59 Å². The van der Waals surface area contributed by atoms with Gasteiger partial charge < -0.3 is 20.4 Å². The number of carbonyl (C=O) groups is 2. The summed E-state index contributed by atoms with van der Waals surface area (Å²) in [6.45, 7) is 7.80. The summed E-state index contributed by atoms with van der Waals surface area (Å²) >= 11 is 0. The standard InChI is InChI=1S/C24H40N4O2/c1-4-21(26-23(29)18(2)25-3)24(30)28-16-13-20-11-8-14-27(17-22(20)28)15-12-19-9-6-5-7-10-19/h5-6,9,18,20-22,25H,4,7-8,10-17H2,1-3H3,(H,26,29)/t18-,20+,21-,22+/m0/s1. The van der Waals surface area contributed by atoms with Gasteiger partial charge in [-0.3, -0.25) is 9.59 Å². The fourth-order valence-corrected chi connectivity index (χ4v) is 5.04. The molecule has 4 atom stereocenters. The molecule has 2 aliphatic heterocycles. The number of amides is 2. The zero-order valence-corrected chi connectivity index (χ0v) is 19.0. The van der Waals surface area contributed by atoms with Gasteiger partial charge in [-0.05, 0) is 71.4 Å². The average molecular weight is 417 g/mol. The van der Waals surface area contributed by atoms with Gasteiger partial charge >= 0.3 is 0 Å². The number of hydrogen-bond donors (Lipinski definition) is 2. The first-order valence-corrected chi connectivity index (χ1v) is 11.9. The molecule has 0 aromatic rings. The van der Waals surface area contributed by atoms with E-state index in [0.29, 0.717) is 12.3 Å². The molecule has 2 saturated heterocycles. The van der Waals surface area contributed by atoms with Crippen molar-refractivity contribution >= 4 is 11.8 Å². The number of likely N-dealkylation sites (N-methyl/N-ethyl adjacent to an activating group) is 1. The van der Waals surface area contributed by atoms with Crippen LogP contribution in [-0.2, 0) is 9.59 Å². The Balaban J connectivity index is 1.61. The molecule has 0 spiro atoms. The van der Waals surface area contributed by atoms with Crippen LogP contribution >= 0.6 is 0 Å². The summed E-state index contributed by atoms with van der Waals surface area (Å²) in [6.07, 6.45) is 14.3. The van der Waals surface area contributed by atoms with E-state index in [1.54, 1.807) is 12.6 Å². The van der Waals surface area contributed by atoms with Crippen molar-refractivity contribution in [1.82, 2.24) is 20.4 Å². The number of hydrogen-bond acceptors (Lipinski definition) is 4. The molecule has 0 aromatic heterocycles. The molecule has 2 N–H and O–H groups in total. The molecule has 3 aliphatic rings. The Morgan fingerprint density at radius 1 is 1.27 bits per heavy atom. The molecule has 168 valence electrons. The summed E-state index contributed by atoms with van der Waals surface area (Å²) in [7, 11) is 1.76. The predicted molar refractivity (Wildman–Crippen MR) is 121 cm³/mol. The van der Waals surface area contributed by atoms with Crippen LogP contribution in [0.25, 0.3) is 0 Å². The van der Waals surface area contributed by atoms with E-state index in [1.165, 1.54) is 19.3 Å². The number of likely N-dealkylation sites (tertiary alicyclic amines) is 2. The van der Waals surface area contributed by atoms with Crippen LogP contribution in [0.15, 0.2) is 23.8 Å². The van der Waals surface area contributed by atoms with Crippen molar-refractivity contribution in [2.75, 3.05) is 33.2 Å². The first kappa shape index (κ1) is 23.0. The fraction of sp³-hybridized carbons (Fsp3) is 0.750. The average Bonchev–Trinajstić information content (AvgIpc) is 3.05. The van der Waals surface area contributed by atoms with Crippen LogP contribution in [0, 0.1) is 5.92 Å². The highest BCUT2D eigenvalue weighted by Crippen LogP contribution is 2.32. The third-order valence-corrected chi connectivity index (χ3v) is 7.16. The summed E-state index contributed by atoms with van der Waals surface area (Å²) in [6, 6.07) is -0.439. The van der Waals surface area contributed by atoms with Crippen molar-refractivity contribution in [1.29, 1.82) is 0 Å². The Kier molecular flexibility index (Phi) is 8.51. The maximum Gasteiger partial charge on any atom is 0.245 e. The van der Waals surface area contributed by atoms with E-state index in [-0.39, 0.29) is 23.9 Å². The lowest BCUT2D eigenvalue weighted by molar-refractivity contribution is -0.138. The molecule has 2 heterocycles. The van der Waals surface area contributed by atoms with Crippen molar-refractivity contribution in [3.63, 3.8) is 0 Å². The second-order valence-corrected chi connectivity index (χ2v) is 9.11. The summed E-state index contributed by atoms with van der Waals surface area (Å²) in [5.41, 5.74) is 1.55. The van der Waals surface area contributed by atoms with E-state index >= 15 is 0 Å². The zero-order valence-electron chi connectivity index (χ0n) is 19.0. The Labute approximate surface area is 182 Å². The zero-order chi connectivity index (χ0) is 21.5. The summed E-state index contributed by atoms with van der Waals surface area (Å²) in [5, 5.41) is 5.92. The van der Waals surface area contributed by atoms with Gasteiger partial charge in [-0.2, -0.15) is 0 Å². The van der Waals surface area contributed by atoms with Crippen LogP contribution in [0.5, 0.6) is 0 Å². The Morgan fingerprint density at radius 3 is 2.80 bits per heavy atom. The van der Waals surface area contributed by atoms with Gasteiger partial charge in [0.1, 0.15) is 6.04 Å². The minimum Gasteiger partial charge on any atom is -0.343 e. The van der Waals surface area contributed by atoms with Crippen LogP contribution < -0.4 is 10.6 Å². The summed E-state index contributed by atoms with van der Waals surface area (Å²) in [4.78, 5) is 30.3.